The summed E-state index contributed by atoms with van der Waals surface area (Å²) >= 11 is 0. The largest absolute Gasteiger partial charge is 0.495 e. The third kappa shape index (κ3) is 3.78. The van der Waals surface area contributed by atoms with Gasteiger partial charge in [-0.15, -0.1) is 0 Å². The number of aryl methyl sites for hydroxylation is 1. The average molecular weight is 287 g/mol. The van der Waals surface area contributed by atoms with E-state index in [4.69, 9.17) is 15.2 Å². The standard InChI is InChI=1S/C16H21N3O2/c1-4-9-21-16-12(17)6-8-15(19-16)18-13-10-11(2)5-7-14(13)20-3/h5-8,10H,4,9,17H2,1-3H3,(H,18,19). The molecule has 0 radical (unpaired) electrons. The van der Waals surface area contributed by atoms with Crippen molar-refractivity contribution < 1.29 is 9.47 Å². The fraction of sp³-hybridized carbons (Fsp3) is 0.312. The first kappa shape index (κ1) is 15.0. The number of ether oxygens (including phenoxy) is 2. The molecule has 0 fully saturated rings. The van der Waals surface area contributed by atoms with Gasteiger partial charge in [0, 0.05) is 0 Å². The van der Waals surface area contributed by atoms with Crippen molar-refractivity contribution >= 4 is 17.2 Å². The van der Waals surface area contributed by atoms with Crippen molar-refractivity contribution in [3.63, 3.8) is 0 Å². The average Bonchev–Trinajstić information content (AvgIpc) is 2.48. The summed E-state index contributed by atoms with van der Waals surface area (Å²) in [4.78, 5) is 4.40. The van der Waals surface area contributed by atoms with Gasteiger partial charge in [0.15, 0.2) is 0 Å². The number of rotatable bonds is 6. The molecule has 1 heterocycles. The first-order valence-corrected chi connectivity index (χ1v) is 6.95. The Morgan fingerprint density at radius 2 is 2.05 bits per heavy atom. The predicted molar refractivity (Wildman–Crippen MR) is 85.4 cm³/mol. The van der Waals surface area contributed by atoms with Gasteiger partial charge in [-0.1, -0.05) is 13.0 Å². The number of nitrogens with zero attached hydrogens (tertiary/aromatic N) is 1. The lowest BCUT2D eigenvalue weighted by atomic mass is 10.2. The monoisotopic (exact) mass is 287 g/mol. The molecular weight excluding hydrogens is 266 g/mol. The lowest BCUT2D eigenvalue weighted by Gasteiger charge is -2.13. The zero-order chi connectivity index (χ0) is 15.2. The van der Waals surface area contributed by atoms with Gasteiger partial charge in [-0.2, -0.15) is 4.98 Å². The minimum Gasteiger partial charge on any atom is -0.495 e. The molecule has 21 heavy (non-hydrogen) atoms. The molecule has 0 aliphatic carbocycles. The third-order valence-electron chi connectivity index (χ3n) is 2.95. The zero-order valence-corrected chi connectivity index (χ0v) is 12.6. The Kier molecular flexibility index (Phi) is 4.87. The molecule has 0 atom stereocenters. The zero-order valence-electron chi connectivity index (χ0n) is 12.6. The number of nitrogens with two attached hydrogens (primary N) is 1. The summed E-state index contributed by atoms with van der Waals surface area (Å²) in [5, 5.41) is 3.24. The van der Waals surface area contributed by atoms with Crippen LogP contribution in [-0.4, -0.2) is 18.7 Å². The summed E-state index contributed by atoms with van der Waals surface area (Å²) in [5.41, 5.74) is 8.39. The normalized spacial score (nSPS) is 10.2. The summed E-state index contributed by atoms with van der Waals surface area (Å²) < 4.78 is 10.9. The van der Waals surface area contributed by atoms with Crippen LogP contribution in [0.25, 0.3) is 0 Å². The molecule has 0 unspecified atom stereocenters. The molecule has 5 nitrogen and oxygen atoms in total. The van der Waals surface area contributed by atoms with E-state index in [1.807, 2.05) is 38.1 Å². The molecule has 0 saturated heterocycles. The quantitative estimate of drug-likeness (QED) is 0.850. The van der Waals surface area contributed by atoms with Crippen LogP contribution >= 0.6 is 0 Å². The van der Waals surface area contributed by atoms with Gasteiger partial charge in [-0.05, 0) is 43.2 Å². The van der Waals surface area contributed by atoms with Crippen LogP contribution in [0.1, 0.15) is 18.9 Å². The number of nitrogens with one attached hydrogen (secondary N) is 1. The number of hydrogen-bond donors (Lipinski definition) is 2. The second kappa shape index (κ2) is 6.83. The Morgan fingerprint density at radius 1 is 1.24 bits per heavy atom. The van der Waals surface area contributed by atoms with E-state index in [2.05, 4.69) is 10.3 Å². The lowest BCUT2D eigenvalue weighted by Crippen LogP contribution is -2.04. The van der Waals surface area contributed by atoms with E-state index >= 15 is 0 Å². The molecule has 5 heteroatoms. The van der Waals surface area contributed by atoms with E-state index < -0.39 is 0 Å². The number of pyridine rings is 1. The molecular formula is C16H21N3O2. The van der Waals surface area contributed by atoms with Gasteiger partial charge in [0.2, 0.25) is 5.88 Å². The van der Waals surface area contributed by atoms with Gasteiger partial charge >= 0.3 is 0 Å². The minimum atomic E-state index is 0.452. The molecule has 3 N–H and O–H groups in total. The number of benzene rings is 1. The minimum absolute atomic E-state index is 0.452. The van der Waals surface area contributed by atoms with E-state index in [0.717, 1.165) is 23.4 Å². The molecule has 112 valence electrons. The number of methoxy groups -OCH3 is 1. The van der Waals surface area contributed by atoms with Gasteiger partial charge < -0.3 is 20.5 Å². The number of aromatic nitrogens is 1. The van der Waals surface area contributed by atoms with Crippen molar-refractivity contribution in [2.24, 2.45) is 0 Å². The highest BCUT2D eigenvalue weighted by atomic mass is 16.5. The predicted octanol–water partition coefficient (Wildman–Crippen LogP) is 3.51. The highest BCUT2D eigenvalue weighted by Gasteiger charge is 2.07. The Hall–Kier alpha value is -2.43. The van der Waals surface area contributed by atoms with E-state index in [1.165, 1.54) is 0 Å². The Morgan fingerprint density at radius 3 is 2.76 bits per heavy atom. The van der Waals surface area contributed by atoms with Crippen LogP contribution in [0.5, 0.6) is 11.6 Å². The van der Waals surface area contributed by atoms with Gasteiger partial charge in [0.25, 0.3) is 0 Å². The van der Waals surface area contributed by atoms with Crippen LogP contribution in [-0.2, 0) is 0 Å². The smallest absolute Gasteiger partial charge is 0.239 e. The fourth-order valence-electron chi connectivity index (χ4n) is 1.89. The summed E-state index contributed by atoms with van der Waals surface area (Å²) in [7, 11) is 1.64. The van der Waals surface area contributed by atoms with Crippen LogP contribution in [0.2, 0.25) is 0 Å². The summed E-state index contributed by atoms with van der Waals surface area (Å²) in [6.07, 6.45) is 0.907. The lowest BCUT2D eigenvalue weighted by molar-refractivity contribution is 0.307. The maximum Gasteiger partial charge on any atom is 0.239 e. The van der Waals surface area contributed by atoms with Crippen LogP contribution in [0, 0.1) is 6.92 Å². The Balaban J connectivity index is 2.25. The second-order valence-corrected chi connectivity index (χ2v) is 4.77. The number of hydrogen-bond acceptors (Lipinski definition) is 5. The van der Waals surface area contributed by atoms with Gasteiger partial charge in [-0.25, -0.2) is 0 Å². The molecule has 2 aromatic rings. The molecule has 0 amide bonds. The van der Waals surface area contributed by atoms with Gasteiger partial charge in [0.05, 0.1) is 25.1 Å². The van der Waals surface area contributed by atoms with E-state index in [0.29, 0.717) is 24.0 Å². The van der Waals surface area contributed by atoms with Crippen LogP contribution in [0.4, 0.5) is 17.2 Å². The summed E-state index contributed by atoms with van der Waals surface area (Å²) in [6.45, 7) is 4.65. The highest BCUT2D eigenvalue weighted by molar-refractivity contribution is 5.66. The van der Waals surface area contributed by atoms with Crippen LogP contribution < -0.4 is 20.5 Å². The second-order valence-electron chi connectivity index (χ2n) is 4.77. The summed E-state index contributed by atoms with van der Waals surface area (Å²) in [5.74, 6) is 1.88. The molecule has 0 aliphatic rings. The van der Waals surface area contributed by atoms with Crippen molar-refractivity contribution in [3.05, 3.63) is 35.9 Å². The molecule has 0 bridgehead atoms. The first-order chi connectivity index (χ1) is 10.1. The highest BCUT2D eigenvalue weighted by Crippen LogP contribution is 2.29. The number of anilines is 3. The van der Waals surface area contributed by atoms with Crippen molar-refractivity contribution in [3.8, 4) is 11.6 Å². The van der Waals surface area contributed by atoms with Gasteiger partial charge in [-0.3, -0.25) is 0 Å². The maximum absolute atomic E-state index is 5.86. The van der Waals surface area contributed by atoms with E-state index in [9.17, 15) is 0 Å². The van der Waals surface area contributed by atoms with Crippen molar-refractivity contribution in [1.82, 2.24) is 4.98 Å². The maximum atomic E-state index is 5.86. The third-order valence-corrected chi connectivity index (χ3v) is 2.95. The van der Waals surface area contributed by atoms with E-state index in [1.54, 1.807) is 13.2 Å². The van der Waals surface area contributed by atoms with Crippen molar-refractivity contribution in [2.45, 2.75) is 20.3 Å². The molecule has 2 rings (SSSR count). The molecule has 1 aromatic carbocycles. The number of nitrogen functional groups attached to an aromatic ring is 1. The molecule has 0 saturated carbocycles. The molecule has 0 aliphatic heterocycles. The molecule has 0 spiro atoms. The van der Waals surface area contributed by atoms with Crippen molar-refractivity contribution in [1.29, 1.82) is 0 Å². The van der Waals surface area contributed by atoms with Gasteiger partial charge in [0.1, 0.15) is 11.6 Å². The Labute approximate surface area is 125 Å². The van der Waals surface area contributed by atoms with Crippen LogP contribution in [0.3, 0.4) is 0 Å². The Bertz CT molecular complexity index is 614. The SMILES string of the molecule is CCCOc1nc(Nc2cc(C)ccc2OC)ccc1N. The fourth-order valence-corrected chi connectivity index (χ4v) is 1.89. The summed E-state index contributed by atoms with van der Waals surface area (Å²) in [6, 6.07) is 9.52. The first-order valence-electron chi connectivity index (χ1n) is 6.95. The van der Waals surface area contributed by atoms with Crippen molar-refractivity contribution in [2.75, 3.05) is 24.8 Å². The molecule has 1 aromatic heterocycles. The topological polar surface area (TPSA) is 69.4 Å². The van der Waals surface area contributed by atoms with E-state index in [-0.39, 0.29) is 0 Å². The van der Waals surface area contributed by atoms with Crippen LogP contribution in [0.15, 0.2) is 30.3 Å².